The summed E-state index contributed by atoms with van der Waals surface area (Å²) in [6, 6.07) is -0.230. The molecule has 2 aliphatic rings. The number of carbonyl (C=O) groups is 1. The quantitative estimate of drug-likeness (QED) is 0.856. The standard InChI is InChI=1S/C17H28N6O/c1-4-6-22-7-9-23(10-8-22)16-14-15(18-11-19-16)20-13(12(3)5-2)17(24)21-14/h11-13H,4-10H2,1-3H3,(H,21,24)(H,18,19,20). The molecule has 2 atom stereocenters. The van der Waals surface area contributed by atoms with Gasteiger partial charge in [-0.15, -0.1) is 0 Å². The van der Waals surface area contributed by atoms with Crippen LogP contribution in [-0.4, -0.2) is 59.5 Å². The average molecular weight is 332 g/mol. The maximum atomic E-state index is 12.5. The molecule has 0 bridgehead atoms. The van der Waals surface area contributed by atoms with Crippen LogP contribution in [-0.2, 0) is 4.79 Å². The van der Waals surface area contributed by atoms with E-state index in [2.05, 4.69) is 51.2 Å². The van der Waals surface area contributed by atoms with Gasteiger partial charge in [-0.2, -0.15) is 0 Å². The first-order chi connectivity index (χ1) is 11.6. The van der Waals surface area contributed by atoms with Crippen LogP contribution in [0.5, 0.6) is 0 Å². The number of amides is 1. The molecule has 7 nitrogen and oxygen atoms in total. The summed E-state index contributed by atoms with van der Waals surface area (Å²) in [7, 11) is 0. The predicted octanol–water partition coefficient (Wildman–Crippen LogP) is 1.79. The van der Waals surface area contributed by atoms with Crippen LogP contribution in [0.1, 0.15) is 33.6 Å². The van der Waals surface area contributed by atoms with Gasteiger partial charge >= 0.3 is 0 Å². The van der Waals surface area contributed by atoms with Gasteiger partial charge in [0.05, 0.1) is 0 Å². The zero-order valence-electron chi connectivity index (χ0n) is 14.9. The summed E-state index contributed by atoms with van der Waals surface area (Å²) in [5, 5.41) is 6.35. The highest BCUT2D eigenvalue weighted by molar-refractivity contribution is 6.05. The molecule has 1 saturated heterocycles. The lowest BCUT2D eigenvalue weighted by Crippen LogP contribution is -2.48. The van der Waals surface area contributed by atoms with E-state index in [1.807, 2.05) is 0 Å². The first-order valence-electron chi connectivity index (χ1n) is 9.03. The Labute approximate surface area is 143 Å². The summed E-state index contributed by atoms with van der Waals surface area (Å²) in [5.41, 5.74) is 0.728. The Morgan fingerprint density at radius 3 is 2.67 bits per heavy atom. The third kappa shape index (κ3) is 3.31. The lowest BCUT2D eigenvalue weighted by Gasteiger charge is -2.37. The second-order valence-corrected chi connectivity index (χ2v) is 6.75. The monoisotopic (exact) mass is 332 g/mol. The van der Waals surface area contributed by atoms with Crippen LogP contribution < -0.4 is 15.5 Å². The summed E-state index contributed by atoms with van der Waals surface area (Å²) in [6.45, 7) is 11.4. The van der Waals surface area contributed by atoms with E-state index in [4.69, 9.17) is 0 Å². The molecule has 7 heteroatoms. The minimum atomic E-state index is -0.230. The van der Waals surface area contributed by atoms with Gasteiger partial charge in [0.15, 0.2) is 11.6 Å². The van der Waals surface area contributed by atoms with Crippen molar-refractivity contribution >= 4 is 23.2 Å². The van der Waals surface area contributed by atoms with Gasteiger partial charge < -0.3 is 15.5 Å². The minimum absolute atomic E-state index is 0.0116. The van der Waals surface area contributed by atoms with Crippen LogP contribution in [0.25, 0.3) is 0 Å². The van der Waals surface area contributed by atoms with E-state index in [9.17, 15) is 4.79 Å². The van der Waals surface area contributed by atoms with Crippen LogP contribution in [0, 0.1) is 5.92 Å². The summed E-state index contributed by atoms with van der Waals surface area (Å²) in [5.74, 6) is 1.84. The molecule has 1 aromatic heterocycles. The van der Waals surface area contributed by atoms with Crippen LogP contribution in [0.15, 0.2) is 6.33 Å². The number of carbonyl (C=O) groups excluding carboxylic acids is 1. The van der Waals surface area contributed by atoms with Gasteiger partial charge in [-0.25, -0.2) is 9.97 Å². The van der Waals surface area contributed by atoms with E-state index in [0.29, 0.717) is 0 Å². The zero-order chi connectivity index (χ0) is 17.1. The molecule has 1 amide bonds. The molecular formula is C17H28N6O. The highest BCUT2D eigenvalue weighted by Gasteiger charge is 2.33. The number of aromatic nitrogens is 2. The number of piperazine rings is 1. The average Bonchev–Trinajstić information content (AvgIpc) is 2.61. The van der Waals surface area contributed by atoms with E-state index in [1.54, 1.807) is 6.33 Å². The number of hydrogen-bond acceptors (Lipinski definition) is 6. The minimum Gasteiger partial charge on any atom is -0.356 e. The molecule has 2 unspecified atom stereocenters. The molecule has 0 aromatic carbocycles. The molecule has 1 aromatic rings. The molecule has 2 N–H and O–H groups in total. The van der Waals surface area contributed by atoms with Gasteiger partial charge in [0.1, 0.15) is 18.1 Å². The van der Waals surface area contributed by atoms with Crippen molar-refractivity contribution in [1.82, 2.24) is 14.9 Å². The topological polar surface area (TPSA) is 73.4 Å². The van der Waals surface area contributed by atoms with Crippen LogP contribution in [0.4, 0.5) is 17.3 Å². The molecule has 0 aliphatic carbocycles. The van der Waals surface area contributed by atoms with Crippen LogP contribution >= 0.6 is 0 Å². The fraction of sp³-hybridized carbons (Fsp3) is 0.706. The van der Waals surface area contributed by atoms with E-state index < -0.39 is 0 Å². The number of anilines is 3. The summed E-state index contributed by atoms with van der Waals surface area (Å²) < 4.78 is 0. The highest BCUT2D eigenvalue weighted by Crippen LogP contribution is 2.34. The Balaban J connectivity index is 1.77. The second-order valence-electron chi connectivity index (χ2n) is 6.75. The van der Waals surface area contributed by atoms with Gasteiger partial charge in [-0.05, 0) is 18.9 Å². The number of rotatable bonds is 5. The molecule has 3 rings (SSSR count). The van der Waals surface area contributed by atoms with E-state index >= 15 is 0 Å². The molecule has 0 radical (unpaired) electrons. The van der Waals surface area contributed by atoms with Crippen LogP contribution in [0.3, 0.4) is 0 Å². The second kappa shape index (κ2) is 7.34. The lowest BCUT2D eigenvalue weighted by atomic mass is 9.97. The van der Waals surface area contributed by atoms with Crippen molar-refractivity contribution in [3.63, 3.8) is 0 Å². The summed E-state index contributed by atoms with van der Waals surface area (Å²) in [4.78, 5) is 26.0. The Hall–Kier alpha value is -1.89. The first kappa shape index (κ1) is 17.0. The maximum Gasteiger partial charge on any atom is 0.247 e. The molecule has 2 aliphatic heterocycles. The number of nitrogens with zero attached hydrogens (tertiary/aromatic N) is 4. The Morgan fingerprint density at radius 2 is 2.00 bits per heavy atom. The first-order valence-corrected chi connectivity index (χ1v) is 9.03. The number of fused-ring (bicyclic) bond motifs is 1. The van der Waals surface area contributed by atoms with Crippen molar-refractivity contribution in [2.45, 2.75) is 39.7 Å². The molecule has 24 heavy (non-hydrogen) atoms. The molecule has 1 fully saturated rings. The zero-order valence-corrected chi connectivity index (χ0v) is 14.9. The third-order valence-electron chi connectivity index (χ3n) is 5.07. The fourth-order valence-electron chi connectivity index (χ4n) is 3.39. The predicted molar refractivity (Wildman–Crippen MR) is 96.5 cm³/mol. The summed E-state index contributed by atoms with van der Waals surface area (Å²) in [6.07, 6.45) is 3.71. The van der Waals surface area contributed by atoms with Gasteiger partial charge in [0.25, 0.3) is 0 Å². The molecular weight excluding hydrogens is 304 g/mol. The van der Waals surface area contributed by atoms with Crippen molar-refractivity contribution in [2.75, 3.05) is 48.3 Å². The Kier molecular flexibility index (Phi) is 5.18. The van der Waals surface area contributed by atoms with E-state index in [1.165, 1.54) is 6.42 Å². The number of nitrogens with one attached hydrogen (secondary N) is 2. The molecule has 3 heterocycles. The van der Waals surface area contributed by atoms with Crippen molar-refractivity contribution in [1.29, 1.82) is 0 Å². The van der Waals surface area contributed by atoms with Gasteiger partial charge in [-0.1, -0.05) is 27.2 Å². The third-order valence-corrected chi connectivity index (χ3v) is 5.07. The maximum absolute atomic E-state index is 12.5. The molecule has 132 valence electrons. The Morgan fingerprint density at radius 1 is 1.25 bits per heavy atom. The largest absolute Gasteiger partial charge is 0.356 e. The van der Waals surface area contributed by atoms with Crippen molar-refractivity contribution in [3.05, 3.63) is 6.33 Å². The van der Waals surface area contributed by atoms with Crippen molar-refractivity contribution in [3.8, 4) is 0 Å². The smallest absolute Gasteiger partial charge is 0.247 e. The Bertz CT molecular complexity index is 584. The lowest BCUT2D eigenvalue weighted by molar-refractivity contribution is -0.118. The van der Waals surface area contributed by atoms with Gasteiger partial charge in [0, 0.05) is 26.2 Å². The van der Waals surface area contributed by atoms with E-state index in [0.717, 1.165) is 56.5 Å². The van der Waals surface area contributed by atoms with Crippen LogP contribution in [0.2, 0.25) is 0 Å². The van der Waals surface area contributed by atoms with E-state index in [-0.39, 0.29) is 17.9 Å². The van der Waals surface area contributed by atoms with Crippen molar-refractivity contribution in [2.24, 2.45) is 5.92 Å². The van der Waals surface area contributed by atoms with Gasteiger partial charge in [-0.3, -0.25) is 9.69 Å². The highest BCUT2D eigenvalue weighted by atomic mass is 16.2. The summed E-state index contributed by atoms with van der Waals surface area (Å²) >= 11 is 0. The number of hydrogen-bond donors (Lipinski definition) is 2. The fourth-order valence-corrected chi connectivity index (χ4v) is 3.39. The molecule has 0 spiro atoms. The SMILES string of the molecule is CCCN1CCN(c2ncnc3c2NC(=O)C(C(C)CC)N3)CC1. The normalized spacial score (nSPS) is 22.5. The van der Waals surface area contributed by atoms with Gasteiger partial charge in [0.2, 0.25) is 5.91 Å². The molecule has 0 saturated carbocycles. The van der Waals surface area contributed by atoms with Crippen molar-refractivity contribution < 1.29 is 4.79 Å².